The Morgan fingerprint density at radius 2 is 2.04 bits per heavy atom. The van der Waals surface area contributed by atoms with Crippen LogP contribution in [0.2, 0.25) is 0 Å². The largest absolute Gasteiger partial charge is 0.369 e. The van der Waals surface area contributed by atoms with Crippen molar-refractivity contribution in [3.63, 3.8) is 0 Å². The second-order valence-corrected chi connectivity index (χ2v) is 7.15. The molecule has 0 N–H and O–H groups in total. The van der Waals surface area contributed by atoms with Gasteiger partial charge in [-0.25, -0.2) is 8.78 Å². The monoisotopic (exact) mass is 321 g/mol. The average molecular weight is 321 g/mol. The van der Waals surface area contributed by atoms with E-state index in [2.05, 4.69) is 4.98 Å². The van der Waals surface area contributed by atoms with Crippen LogP contribution in [0.3, 0.4) is 0 Å². The summed E-state index contributed by atoms with van der Waals surface area (Å²) in [5, 5.41) is 0. The zero-order valence-corrected chi connectivity index (χ0v) is 13.0. The number of piperidine rings is 1. The van der Waals surface area contributed by atoms with Crippen molar-refractivity contribution < 1.29 is 13.6 Å². The molecule has 1 amide bonds. The van der Waals surface area contributed by atoms with Crippen LogP contribution in [-0.4, -0.2) is 47.9 Å². The molecular weight excluding hydrogens is 300 g/mol. The predicted molar refractivity (Wildman–Crippen MR) is 82.4 cm³/mol. The first-order valence-corrected chi connectivity index (χ1v) is 8.32. The molecule has 0 unspecified atom stereocenters. The summed E-state index contributed by atoms with van der Waals surface area (Å²) in [6, 6.07) is 3.72. The van der Waals surface area contributed by atoms with Crippen molar-refractivity contribution in [2.24, 2.45) is 11.3 Å². The number of rotatable bonds is 2. The molecule has 3 aliphatic rings. The van der Waals surface area contributed by atoms with E-state index in [1.807, 2.05) is 17.0 Å². The molecule has 2 aliphatic heterocycles. The molecule has 3 heterocycles. The molecule has 0 radical (unpaired) electrons. The molecule has 1 aliphatic carbocycles. The Balaban J connectivity index is 1.56. The summed E-state index contributed by atoms with van der Waals surface area (Å²) in [6.45, 7) is 1.26. The van der Waals surface area contributed by atoms with Gasteiger partial charge in [0.1, 0.15) is 0 Å². The van der Waals surface area contributed by atoms with Crippen molar-refractivity contribution in [3.05, 3.63) is 24.5 Å². The van der Waals surface area contributed by atoms with E-state index < -0.39 is 11.3 Å². The molecule has 1 spiro atoms. The minimum atomic E-state index is -2.72. The molecule has 1 aromatic rings. The highest BCUT2D eigenvalue weighted by Gasteiger charge is 2.60. The smallest absolute Gasteiger partial charge is 0.258 e. The van der Waals surface area contributed by atoms with Gasteiger partial charge in [-0.1, -0.05) is 0 Å². The molecule has 0 bridgehead atoms. The number of carbonyl (C=O) groups is 1. The van der Waals surface area contributed by atoms with E-state index in [-0.39, 0.29) is 31.3 Å². The van der Waals surface area contributed by atoms with Crippen molar-refractivity contribution in [2.75, 3.05) is 31.1 Å². The van der Waals surface area contributed by atoms with Gasteiger partial charge >= 0.3 is 0 Å². The van der Waals surface area contributed by atoms with Crippen LogP contribution in [0.5, 0.6) is 0 Å². The Morgan fingerprint density at radius 3 is 2.74 bits per heavy atom. The maximum atomic E-state index is 14.7. The number of halogens is 2. The zero-order valence-electron chi connectivity index (χ0n) is 13.0. The summed E-state index contributed by atoms with van der Waals surface area (Å²) in [6.07, 6.45) is 5.43. The lowest BCUT2D eigenvalue weighted by Gasteiger charge is -2.46. The number of pyridine rings is 1. The molecular formula is C17H21F2N3O. The van der Waals surface area contributed by atoms with E-state index in [1.54, 1.807) is 17.3 Å². The van der Waals surface area contributed by atoms with E-state index in [1.165, 1.54) is 0 Å². The van der Waals surface area contributed by atoms with Crippen molar-refractivity contribution in [3.8, 4) is 0 Å². The number of nitrogens with zero attached hydrogens (tertiary/aromatic N) is 3. The number of alkyl halides is 2. The Kier molecular flexibility index (Phi) is 3.32. The zero-order chi connectivity index (χ0) is 16.1. The van der Waals surface area contributed by atoms with Crippen molar-refractivity contribution >= 4 is 11.6 Å². The van der Waals surface area contributed by atoms with Gasteiger partial charge in [0.05, 0.1) is 17.3 Å². The van der Waals surface area contributed by atoms with Gasteiger partial charge in [-0.15, -0.1) is 0 Å². The van der Waals surface area contributed by atoms with Gasteiger partial charge in [0.2, 0.25) is 5.91 Å². The maximum absolute atomic E-state index is 14.7. The van der Waals surface area contributed by atoms with Crippen LogP contribution >= 0.6 is 0 Å². The predicted octanol–water partition coefficient (Wildman–Crippen LogP) is 2.56. The van der Waals surface area contributed by atoms with E-state index in [0.717, 1.165) is 18.5 Å². The van der Waals surface area contributed by atoms with Gasteiger partial charge in [0.15, 0.2) is 0 Å². The molecule has 0 aromatic carbocycles. The fourth-order valence-electron chi connectivity index (χ4n) is 3.94. The highest BCUT2D eigenvalue weighted by molar-refractivity contribution is 5.81. The SMILES string of the molecule is O=C(C1CC1)N1CCC(F)(F)[C@@]2(CCN(c3cccnc3)C2)C1. The van der Waals surface area contributed by atoms with Gasteiger partial charge in [-0.2, -0.15) is 0 Å². The Labute approximate surface area is 134 Å². The topological polar surface area (TPSA) is 36.4 Å². The first-order valence-electron chi connectivity index (χ1n) is 8.32. The van der Waals surface area contributed by atoms with Crippen LogP contribution in [0.4, 0.5) is 14.5 Å². The number of likely N-dealkylation sites (tertiary alicyclic amines) is 1. The van der Waals surface area contributed by atoms with Crippen LogP contribution in [-0.2, 0) is 4.79 Å². The molecule has 124 valence electrons. The molecule has 1 atom stereocenters. The minimum absolute atomic E-state index is 0.0831. The fourth-order valence-corrected chi connectivity index (χ4v) is 3.94. The highest BCUT2D eigenvalue weighted by atomic mass is 19.3. The van der Waals surface area contributed by atoms with Crippen molar-refractivity contribution in [1.29, 1.82) is 0 Å². The summed E-state index contributed by atoms with van der Waals surface area (Å²) in [7, 11) is 0. The van der Waals surface area contributed by atoms with E-state index in [9.17, 15) is 13.6 Å². The van der Waals surface area contributed by atoms with Gasteiger partial charge in [0, 0.05) is 44.7 Å². The van der Waals surface area contributed by atoms with Gasteiger partial charge < -0.3 is 9.80 Å². The first kappa shape index (κ1) is 14.8. The summed E-state index contributed by atoms with van der Waals surface area (Å²) >= 11 is 0. The number of aromatic nitrogens is 1. The molecule has 23 heavy (non-hydrogen) atoms. The Bertz CT molecular complexity index is 605. The fraction of sp³-hybridized carbons (Fsp3) is 0.647. The van der Waals surface area contributed by atoms with E-state index >= 15 is 0 Å². The molecule has 4 rings (SSSR count). The molecule has 1 aromatic heterocycles. The minimum Gasteiger partial charge on any atom is -0.369 e. The number of anilines is 1. The molecule has 4 nitrogen and oxygen atoms in total. The third kappa shape index (κ3) is 2.48. The van der Waals surface area contributed by atoms with E-state index in [4.69, 9.17) is 0 Å². The van der Waals surface area contributed by atoms with Crippen LogP contribution in [0.15, 0.2) is 24.5 Å². The lowest BCUT2D eigenvalue weighted by Crippen LogP contribution is -2.58. The quantitative estimate of drug-likeness (QED) is 0.840. The van der Waals surface area contributed by atoms with E-state index in [0.29, 0.717) is 19.5 Å². The highest BCUT2D eigenvalue weighted by Crippen LogP contribution is 2.50. The third-order valence-electron chi connectivity index (χ3n) is 5.57. The van der Waals surface area contributed by atoms with Gasteiger partial charge in [-0.05, 0) is 31.4 Å². The molecule has 2 saturated heterocycles. The Hall–Kier alpha value is -1.72. The standard InChI is InChI=1S/C17H21F2N3O/c18-17(19)6-9-22(15(23)13-3-4-13)12-16(17)5-8-21(11-16)14-2-1-7-20-10-14/h1-2,7,10,13H,3-6,8-9,11-12H2/t16-/m1/s1. The van der Waals surface area contributed by atoms with Crippen LogP contribution < -0.4 is 4.90 Å². The van der Waals surface area contributed by atoms with Crippen molar-refractivity contribution in [2.45, 2.75) is 31.6 Å². The number of hydrogen-bond acceptors (Lipinski definition) is 3. The summed E-state index contributed by atoms with van der Waals surface area (Å²) < 4.78 is 29.5. The molecule has 1 saturated carbocycles. The molecule has 6 heteroatoms. The van der Waals surface area contributed by atoms with Crippen molar-refractivity contribution in [1.82, 2.24) is 9.88 Å². The van der Waals surface area contributed by atoms with Crippen LogP contribution in [0, 0.1) is 11.3 Å². The van der Waals surface area contributed by atoms with Crippen LogP contribution in [0.25, 0.3) is 0 Å². The van der Waals surface area contributed by atoms with Crippen LogP contribution in [0.1, 0.15) is 25.7 Å². The summed E-state index contributed by atoms with van der Waals surface area (Å²) in [5.74, 6) is -2.54. The van der Waals surface area contributed by atoms with Gasteiger partial charge in [-0.3, -0.25) is 9.78 Å². The normalized spacial score (nSPS) is 30.0. The Morgan fingerprint density at radius 1 is 1.22 bits per heavy atom. The lowest BCUT2D eigenvalue weighted by molar-refractivity contribution is -0.169. The number of amides is 1. The lowest BCUT2D eigenvalue weighted by atomic mass is 9.75. The average Bonchev–Trinajstić information content (AvgIpc) is 3.31. The van der Waals surface area contributed by atoms with Gasteiger partial charge in [0.25, 0.3) is 5.92 Å². The summed E-state index contributed by atoms with van der Waals surface area (Å²) in [4.78, 5) is 20.1. The molecule has 3 fully saturated rings. The summed E-state index contributed by atoms with van der Waals surface area (Å²) in [5.41, 5.74) is -0.239. The first-order chi connectivity index (χ1) is 11.0. The second-order valence-electron chi connectivity index (χ2n) is 7.15. The second kappa shape index (κ2) is 5.14. The third-order valence-corrected chi connectivity index (χ3v) is 5.57. The number of hydrogen-bond donors (Lipinski definition) is 0. The maximum Gasteiger partial charge on any atom is 0.258 e. The number of carbonyl (C=O) groups excluding carboxylic acids is 1.